The predicted octanol–water partition coefficient (Wildman–Crippen LogP) is 0.186. The molecule has 0 aliphatic rings. The van der Waals surface area contributed by atoms with Crippen molar-refractivity contribution in [2.24, 2.45) is 0 Å². The van der Waals surface area contributed by atoms with Crippen molar-refractivity contribution in [1.82, 2.24) is 20.0 Å². The first-order chi connectivity index (χ1) is 3.97. The first kappa shape index (κ1) is 3.96. The Morgan fingerprint density at radius 3 is 3.50 bits per heavy atom. The molecule has 0 fully saturated rings. The molecule has 2 aromatic rings. The Hall–Kier alpha value is -0.970. The lowest BCUT2D eigenvalue weighted by Crippen LogP contribution is -1.77. The topological polar surface area (TPSA) is 43.1 Å². The normalized spacial score (nSPS) is 10.5. The van der Waals surface area contributed by atoms with Gasteiger partial charge >= 0.3 is 0 Å². The van der Waals surface area contributed by atoms with Gasteiger partial charge in [0.05, 0.1) is 0 Å². The summed E-state index contributed by atoms with van der Waals surface area (Å²) in [6.45, 7) is 0. The molecule has 0 aliphatic carbocycles. The number of hydrogen-bond acceptors (Lipinski definition) is 4. The van der Waals surface area contributed by atoms with Gasteiger partial charge in [0.15, 0.2) is 0 Å². The maximum Gasteiger partial charge on any atom is 0.234 e. The fourth-order valence-electron chi connectivity index (χ4n) is 0.506. The molecule has 0 aromatic carbocycles. The Morgan fingerprint density at radius 2 is 2.62 bits per heavy atom. The molecule has 0 unspecified atom stereocenters. The van der Waals surface area contributed by atoms with E-state index in [-0.39, 0.29) is 0 Å². The molecule has 4 nitrogen and oxygen atoms in total. The average molecular weight is 126 g/mol. The van der Waals surface area contributed by atoms with Crippen molar-refractivity contribution in [2.75, 3.05) is 0 Å². The van der Waals surface area contributed by atoms with Crippen molar-refractivity contribution >= 4 is 16.3 Å². The van der Waals surface area contributed by atoms with E-state index in [2.05, 4.69) is 15.5 Å². The minimum Gasteiger partial charge on any atom is -0.191 e. The van der Waals surface area contributed by atoms with Gasteiger partial charge in [0.1, 0.15) is 0 Å². The summed E-state index contributed by atoms with van der Waals surface area (Å²) >= 11 is 1.52. The van der Waals surface area contributed by atoms with Gasteiger partial charge < -0.3 is 0 Å². The first-order valence-electron chi connectivity index (χ1n) is 2.08. The number of thiazole rings is 1. The van der Waals surface area contributed by atoms with Gasteiger partial charge in [0, 0.05) is 11.6 Å². The maximum absolute atomic E-state index is 3.70. The van der Waals surface area contributed by atoms with E-state index in [1.165, 1.54) is 11.3 Å². The number of hydrogen-bond donors (Lipinski definition) is 0. The van der Waals surface area contributed by atoms with E-state index in [4.69, 9.17) is 0 Å². The van der Waals surface area contributed by atoms with E-state index in [9.17, 15) is 0 Å². The van der Waals surface area contributed by atoms with Crippen molar-refractivity contribution in [2.45, 2.75) is 0 Å². The number of aromatic nitrogens is 4. The molecule has 0 saturated heterocycles. The summed E-state index contributed by atoms with van der Waals surface area (Å²) < 4.78 is 1.63. The van der Waals surface area contributed by atoms with Crippen molar-refractivity contribution < 1.29 is 0 Å². The van der Waals surface area contributed by atoms with Gasteiger partial charge in [0.25, 0.3) is 0 Å². The molecule has 2 rings (SSSR count). The van der Waals surface area contributed by atoms with Crippen LogP contribution in [-0.4, -0.2) is 20.0 Å². The van der Waals surface area contributed by atoms with Crippen molar-refractivity contribution in [3.05, 3.63) is 11.6 Å². The number of fused-ring (bicyclic) bond motifs is 1. The molecule has 0 N–H and O–H groups in total. The summed E-state index contributed by atoms with van der Waals surface area (Å²) in [6.07, 6.45) is 1.82. The third-order valence-electron chi connectivity index (χ3n) is 0.838. The lowest BCUT2D eigenvalue weighted by atomic mass is 11.0. The fraction of sp³-hybridized carbons (Fsp3) is 0. The summed E-state index contributed by atoms with van der Waals surface area (Å²) in [5.41, 5.74) is 0. The van der Waals surface area contributed by atoms with Gasteiger partial charge in [-0.15, -0.1) is 11.3 Å². The molecule has 0 spiro atoms. The fourth-order valence-corrected chi connectivity index (χ4v) is 1.09. The molecular weight excluding hydrogens is 124 g/mol. The van der Waals surface area contributed by atoms with Gasteiger partial charge in [0.2, 0.25) is 4.96 Å². The van der Waals surface area contributed by atoms with Crippen LogP contribution in [-0.2, 0) is 0 Å². The number of rotatable bonds is 0. The maximum atomic E-state index is 3.70. The Bertz CT molecular complexity index is 233. The van der Waals surface area contributed by atoms with Crippen LogP contribution in [0.2, 0.25) is 0 Å². The smallest absolute Gasteiger partial charge is 0.191 e. The summed E-state index contributed by atoms with van der Waals surface area (Å²) in [6, 6.07) is 0. The van der Waals surface area contributed by atoms with E-state index >= 15 is 0 Å². The zero-order valence-corrected chi connectivity index (χ0v) is 4.67. The number of nitrogens with zero attached hydrogens (tertiary/aromatic N) is 4. The zero-order chi connectivity index (χ0) is 5.40. The van der Waals surface area contributed by atoms with Gasteiger partial charge in [-0.3, -0.25) is 0 Å². The largest absolute Gasteiger partial charge is 0.234 e. The Kier molecular flexibility index (Phi) is 0.621. The second-order valence-corrected chi connectivity index (χ2v) is 2.18. The van der Waals surface area contributed by atoms with Crippen molar-refractivity contribution in [3.8, 4) is 0 Å². The summed E-state index contributed by atoms with van der Waals surface area (Å²) in [4.78, 5) is 0.838. The minimum absolute atomic E-state index is 0.838. The van der Waals surface area contributed by atoms with Crippen LogP contribution in [0.4, 0.5) is 0 Å². The Labute approximate surface area is 48.8 Å². The molecule has 2 heterocycles. The molecule has 5 heteroatoms. The van der Waals surface area contributed by atoms with E-state index in [1.54, 1.807) is 4.52 Å². The molecule has 8 heavy (non-hydrogen) atoms. The van der Waals surface area contributed by atoms with E-state index in [1.807, 2.05) is 11.6 Å². The highest BCUT2D eigenvalue weighted by atomic mass is 32.1. The van der Waals surface area contributed by atoms with E-state index < -0.39 is 0 Å². The summed E-state index contributed by atoms with van der Waals surface area (Å²) in [5.74, 6) is 0. The van der Waals surface area contributed by atoms with Crippen LogP contribution in [0.1, 0.15) is 0 Å². The first-order valence-corrected chi connectivity index (χ1v) is 2.96. The molecule has 0 aliphatic heterocycles. The minimum atomic E-state index is 0.838. The van der Waals surface area contributed by atoms with Crippen LogP contribution >= 0.6 is 11.3 Å². The highest BCUT2D eigenvalue weighted by Crippen LogP contribution is 2.02. The predicted molar refractivity (Wildman–Crippen MR) is 28.7 cm³/mol. The number of tetrazole rings is 1. The lowest BCUT2D eigenvalue weighted by Gasteiger charge is -1.66. The second-order valence-electron chi connectivity index (χ2n) is 1.31. The highest BCUT2D eigenvalue weighted by molar-refractivity contribution is 7.15. The van der Waals surface area contributed by atoms with Gasteiger partial charge in [-0.05, 0) is 10.4 Å². The van der Waals surface area contributed by atoms with Crippen molar-refractivity contribution in [1.29, 1.82) is 0 Å². The molecule has 0 amide bonds. The molecule has 2 aromatic heterocycles. The van der Waals surface area contributed by atoms with E-state index in [0.29, 0.717) is 0 Å². The molecule has 0 saturated carbocycles. The SMILES string of the molecule is c1cn2nnnc2s1. The quantitative estimate of drug-likeness (QED) is 0.506. The van der Waals surface area contributed by atoms with Crippen LogP contribution in [0.15, 0.2) is 11.6 Å². The standard InChI is InChI=1S/C3H2N4S/c1-2-8-3-4-5-6-7(1)3/h1-2H. The average Bonchev–Trinajstić information content (AvgIpc) is 2.15. The van der Waals surface area contributed by atoms with Crippen LogP contribution in [0.3, 0.4) is 0 Å². The van der Waals surface area contributed by atoms with E-state index in [0.717, 1.165) is 4.96 Å². The Balaban J connectivity index is 3.06. The van der Waals surface area contributed by atoms with Crippen LogP contribution < -0.4 is 0 Å². The van der Waals surface area contributed by atoms with Crippen LogP contribution in [0.25, 0.3) is 4.96 Å². The molecule has 0 bridgehead atoms. The highest BCUT2D eigenvalue weighted by Gasteiger charge is 1.92. The monoisotopic (exact) mass is 126 g/mol. The summed E-state index contributed by atoms with van der Waals surface area (Å²) in [7, 11) is 0. The van der Waals surface area contributed by atoms with Gasteiger partial charge in [-0.25, -0.2) is 0 Å². The third kappa shape index (κ3) is 0.362. The van der Waals surface area contributed by atoms with Gasteiger partial charge in [-0.1, -0.05) is 5.10 Å². The van der Waals surface area contributed by atoms with Crippen LogP contribution in [0.5, 0.6) is 0 Å². The van der Waals surface area contributed by atoms with Crippen molar-refractivity contribution in [3.63, 3.8) is 0 Å². The molecule has 40 valence electrons. The Morgan fingerprint density at radius 1 is 1.62 bits per heavy atom. The zero-order valence-electron chi connectivity index (χ0n) is 3.85. The molecular formula is C3H2N4S. The summed E-state index contributed by atoms with van der Waals surface area (Å²) in [5, 5.41) is 12.7. The third-order valence-corrected chi connectivity index (χ3v) is 1.58. The van der Waals surface area contributed by atoms with Crippen LogP contribution in [0, 0.1) is 0 Å². The molecule has 0 radical (unpaired) electrons. The lowest BCUT2D eigenvalue weighted by molar-refractivity contribution is 0.826. The second kappa shape index (κ2) is 1.25. The van der Waals surface area contributed by atoms with Gasteiger partial charge in [-0.2, -0.15) is 4.52 Å². The molecule has 0 atom stereocenters.